The Morgan fingerprint density at radius 1 is 1.21 bits per heavy atom. The van der Waals surface area contributed by atoms with Gasteiger partial charge in [0, 0.05) is 19.3 Å². The molecule has 8 heteroatoms. The molecule has 1 saturated heterocycles. The molecule has 1 aliphatic heterocycles. The molecule has 2 atom stereocenters. The Bertz CT molecular complexity index is 867. The van der Waals surface area contributed by atoms with Crippen molar-refractivity contribution in [1.29, 1.82) is 0 Å². The number of carbonyl (C=O) groups excluding carboxylic acids is 2. The van der Waals surface area contributed by atoms with Crippen LogP contribution in [0.5, 0.6) is 0 Å². The van der Waals surface area contributed by atoms with E-state index in [1.165, 1.54) is 25.3 Å². The fourth-order valence-electron chi connectivity index (χ4n) is 3.62. The third-order valence-corrected chi connectivity index (χ3v) is 5.61. The normalized spacial score (nSPS) is 18.9. The maximum absolute atomic E-state index is 12.4. The van der Waals surface area contributed by atoms with Gasteiger partial charge in [0.25, 0.3) is 0 Å². The minimum absolute atomic E-state index is 0.145. The lowest BCUT2D eigenvalue weighted by atomic mass is 9.92. The standard InChI is InChI=1S/C21H26N4O3S/c1-14-10-15(2)12-25(11-14)18-8-9-22-21(24-18)29-13-19(26)23-17-7-5-4-6-16(17)20(27)28-3/h4-9,14-15H,10-13H2,1-3H3,(H,23,26)/t14-,15-/m1/s1. The predicted molar refractivity (Wildman–Crippen MR) is 114 cm³/mol. The first kappa shape index (κ1) is 21.1. The summed E-state index contributed by atoms with van der Waals surface area (Å²) in [5.74, 6) is 1.58. The molecule has 0 bridgehead atoms. The van der Waals surface area contributed by atoms with Crippen molar-refractivity contribution in [2.45, 2.75) is 25.4 Å². The minimum Gasteiger partial charge on any atom is -0.465 e. The number of hydrogen-bond acceptors (Lipinski definition) is 7. The van der Waals surface area contributed by atoms with Crippen LogP contribution in [0.25, 0.3) is 0 Å². The lowest BCUT2D eigenvalue weighted by Gasteiger charge is -2.35. The van der Waals surface area contributed by atoms with Gasteiger partial charge in [-0.2, -0.15) is 0 Å². The third kappa shape index (κ3) is 5.69. The summed E-state index contributed by atoms with van der Waals surface area (Å²) in [6, 6.07) is 8.68. The highest BCUT2D eigenvalue weighted by atomic mass is 32.2. The molecule has 1 aromatic heterocycles. The van der Waals surface area contributed by atoms with E-state index >= 15 is 0 Å². The maximum Gasteiger partial charge on any atom is 0.339 e. The highest BCUT2D eigenvalue weighted by molar-refractivity contribution is 7.99. The van der Waals surface area contributed by atoms with E-state index in [1.807, 2.05) is 6.07 Å². The van der Waals surface area contributed by atoms with Gasteiger partial charge < -0.3 is 15.0 Å². The van der Waals surface area contributed by atoms with Gasteiger partial charge in [0.05, 0.1) is 24.1 Å². The Kier molecular flexibility index (Phi) is 7.09. The average Bonchev–Trinajstić information content (AvgIpc) is 2.71. The number of carbonyl (C=O) groups is 2. The molecule has 1 amide bonds. The number of amides is 1. The van der Waals surface area contributed by atoms with Crippen molar-refractivity contribution in [2.24, 2.45) is 11.8 Å². The number of anilines is 2. The van der Waals surface area contributed by atoms with Gasteiger partial charge in [0.15, 0.2) is 5.16 Å². The van der Waals surface area contributed by atoms with Crippen molar-refractivity contribution >= 4 is 35.1 Å². The van der Waals surface area contributed by atoms with Crippen molar-refractivity contribution < 1.29 is 14.3 Å². The fraction of sp³-hybridized carbons (Fsp3) is 0.429. The zero-order valence-corrected chi connectivity index (χ0v) is 17.7. The summed E-state index contributed by atoms with van der Waals surface area (Å²) in [7, 11) is 1.31. The molecule has 2 heterocycles. The molecule has 0 aliphatic carbocycles. The van der Waals surface area contributed by atoms with Crippen LogP contribution in [-0.4, -0.2) is 47.8 Å². The van der Waals surface area contributed by atoms with E-state index in [4.69, 9.17) is 4.74 Å². The SMILES string of the molecule is COC(=O)c1ccccc1NC(=O)CSc1nccc(N2C[C@H](C)C[C@@H](C)C2)n1. The quantitative estimate of drug-likeness (QED) is 0.440. The number of nitrogens with zero attached hydrogens (tertiary/aromatic N) is 3. The van der Waals surface area contributed by atoms with Crippen LogP contribution in [0.2, 0.25) is 0 Å². The predicted octanol–water partition coefficient (Wildman–Crippen LogP) is 3.48. The number of ether oxygens (including phenoxy) is 1. The second kappa shape index (κ2) is 9.73. The molecule has 29 heavy (non-hydrogen) atoms. The summed E-state index contributed by atoms with van der Waals surface area (Å²) < 4.78 is 4.75. The Morgan fingerprint density at radius 3 is 2.66 bits per heavy atom. The Labute approximate surface area is 175 Å². The van der Waals surface area contributed by atoms with E-state index in [0.29, 0.717) is 28.2 Å². The number of hydrogen-bond donors (Lipinski definition) is 1. The molecular formula is C21H26N4O3S. The van der Waals surface area contributed by atoms with E-state index in [9.17, 15) is 9.59 Å². The summed E-state index contributed by atoms with van der Waals surface area (Å²) in [6.07, 6.45) is 2.97. The van der Waals surface area contributed by atoms with Crippen LogP contribution in [0.15, 0.2) is 41.7 Å². The van der Waals surface area contributed by atoms with Crippen LogP contribution in [0.1, 0.15) is 30.6 Å². The molecule has 2 aromatic rings. The smallest absolute Gasteiger partial charge is 0.339 e. The topological polar surface area (TPSA) is 84.4 Å². The summed E-state index contributed by atoms with van der Waals surface area (Å²) in [4.78, 5) is 35.4. The highest BCUT2D eigenvalue weighted by Gasteiger charge is 2.23. The van der Waals surface area contributed by atoms with E-state index in [-0.39, 0.29) is 11.7 Å². The maximum atomic E-state index is 12.4. The number of nitrogens with one attached hydrogen (secondary N) is 1. The molecular weight excluding hydrogens is 388 g/mol. The Morgan fingerprint density at radius 2 is 1.93 bits per heavy atom. The number of thioether (sulfide) groups is 1. The van der Waals surface area contributed by atoms with Gasteiger partial charge in [-0.15, -0.1) is 0 Å². The van der Waals surface area contributed by atoms with Crippen molar-refractivity contribution in [3.8, 4) is 0 Å². The molecule has 0 radical (unpaired) electrons. The highest BCUT2D eigenvalue weighted by Crippen LogP contribution is 2.26. The zero-order chi connectivity index (χ0) is 20.8. The Balaban J connectivity index is 1.61. The number of para-hydroxylation sites is 1. The van der Waals surface area contributed by atoms with Crippen molar-refractivity contribution in [2.75, 3.05) is 36.2 Å². The number of rotatable bonds is 6. The molecule has 0 spiro atoms. The molecule has 1 fully saturated rings. The summed E-state index contributed by atoms with van der Waals surface area (Å²) >= 11 is 1.27. The summed E-state index contributed by atoms with van der Waals surface area (Å²) in [5, 5.41) is 3.32. The molecule has 3 rings (SSSR count). The van der Waals surface area contributed by atoms with E-state index in [1.54, 1.807) is 30.5 Å². The average molecular weight is 415 g/mol. The van der Waals surface area contributed by atoms with Crippen LogP contribution >= 0.6 is 11.8 Å². The van der Waals surface area contributed by atoms with E-state index in [2.05, 4.69) is 34.0 Å². The largest absolute Gasteiger partial charge is 0.465 e. The second-order valence-corrected chi connectivity index (χ2v) is 8.36. The number of aromatic nitrogens is 2. The minimum atomic E-state index is -0.491. The number of methoxy groups -OCH3 is 1. The van der Waals surface area contributed by atoms with Crippen LogP contribution in [0.4, 0.5) is 11.5 Å². The summed E-state index contributed by atoms with van der Waals surface area (Å²) in [5.41, 5.74) is 0.746. The number of piperidine rings is 1. The van der Waals surface area contributed by atoms with Crippen LogP contribution in [-0.2, 0) is 9.53 Å². The molecule has 0 saturated carbocycles. The molecule has 7 nitrogen and oxygen atoms in total. The van der Waals surface area contributed by atoms with Gasteiger partial charge in [-0.3, -0.25) is 4.79 Å². The van der Waals surface area contributed by atoms with E-state index in [0.717, 1.165) is 18.9 Å². The van der Waals surface area contributed by atoms with Gasteiger partial charge in [0.1, 0.15) is 5.82 Å². The lowest BCUT2D eigenvalue weighted by Crippen LogP contribution is -2.39. The van der Waals surface area contributed by atoms with Gasteiger partial charge in [0.2, 0.25) is 5.91 Å². The lowest BCUT2D eigenvalue weighted by molar-refractivity contribution is -0.113. The monoisotopic (exact) mass is 414 g/mol. The molecule has 1 aliphatic rings. The number of benzene rings is 1. The van der Waals surface area contributed by atoms with Crippen LogP contribution in [0, 0.1) is 11.8 Å². The van der Waals surface area contributed by atoms with Crippen molar-refractivity contribution in [1.82, 2.24) is 9.97 Å². The molecule has 154 valence electrons. The van der Waals surface area contributed by atoms with Gasteiger partial charge >= 0.3 is 5.97 Å². The van der Waals surface area contributed by atoms with Crippen LogP contribution in [0.3, 0.4) is 0 Å². The summed E-state index contributed by atoms with van der Waals surface area (Å²) in [6.45, 7) is 6.48. The first-order chi connectivity index (χ1) is 14.0. The number of esters is 1. The Hall–Kier alpha value is -2.61. The third-order valence-electron chi connectivity index (χ3n) is 4.75. The van der Waals surface area contributed by atoms with Gasteiger partial charge in [-0.25, -0.2) is 14.8 Å². The van der Waals surface area contributed by atoms with Gasteiger partial charge in [-0.05, 0) is 36.5 Å². The van der Waals surface area contributed by atoms with Crippen molar-refractivity contribution in [3.63, 3.8) is 0 Å². The molecule has 1 aromatic carbocycles. The van der Waals surface area contributed by atoms with E-state index < -0.39 is 5.97 Å². The van der Waals surface area contributed by atoms with Gasteiger partial charge in [-0.1, -0.05) is 37.7 Å². The zero-order valence-electron chi connectivity index (χ0n) is 16.9. The van der Waals surface area contributed by atoms with Crippen molar-refractivity contribution in [3.05, 3.63) is 42.1 Å². The first-order valence-corrected chi connectivity index (χ1v) is 10.6. The first-order valence-electron chi connectivity index (χ1n) is 9.64. The van der Waals surface area contributed by atoms with Crippen LogP contribution < -0.4 is 10.2 Å². The molecule has 0 unspecified atom stereocenters. The molecule has 1 N–H and O–H groups in total. The second-order valence-electron chi connectivity index (χ2n) is 7.42. The fourth-order valence-corrected chi connectivity index (χ4v) is 4.25.